The number of carbonyl (C=O) groups is 2. The average molecular weight is 546 g/mol. The predicted molar refractivity (Wildman–Crippen MR) is 157 cm³/mol. The van der Waals surface area contributed by atoms with Crippen LogP contribution in [0.15, 0.2) is 133 Å². The van der Waals surface area contributed by atoms with E-state index in [0.29, 0.717) is 0 Å². The van der Waals surface area contributed by atoms with Crippen LogP contribution in [0.4, 0.5) is 0 Å². The van der Waals surface area contributed by atoms with E-state index in [1.807, 2.05) is 121 Å². The molecule has 1 aliphatic rings. The van der Waals surface area contributed by atoms with Crippen molar-refractivity contribution in [2.45, 2.75) is 17.6 Å². The zero-order valence-corrected chi connectivity index (χ0v) is 23.0. The van der Waals surface area contributed by atoms with Gasteiger partial charge >= 0.3 is 19.1 Å². The monoisotopic (exact) mass is 546 g/mol. The number of carbonyl (C=O) groups excluding carboxylic acids is 2. The highest BCUT2D eigenvalue weighted by molar-refractivity contribution is 6.51. The lowest BCUT2D eigenvalue weighted by atomic mass is 9.66. The second kappa shape index (κ2) is 12.4. The van der Waals surface area contributed by atoms with Crippen molar-refractivity contribution in [2.24, 2.45) is 5.92 Å². The van der Waals surface area contributed by atoms with Crippen LogP contribution in [0.25, 0.3) is 0 Å². The van der Waals surface area contributed by atoms with Crippen molar-refractivity contribution in [3.8, 4) is 0 Å². The molecule has 0 amide bonds. The van der Waals surface area contributed by atoms with Gasteiger partial charge in [0.25, 0.3) is 0 Å². The normalized spacial score (nSPS) is 15.6. The largest absolute Gasteiger partial charge is 0.487 e. The molecule has 4 aromatic carbocycles. The Morgan fingerprint density at radius 1 is 0.634 bits per heavy atom. The number of hydrogen-bond donors (Lipinski definition) is 0. The number of methoxy groups -OCH3 is 2. The Balaban J connectivity index is 1.72. The third-order valence-corrected chi connectivity index (χ3v) is 7.44. The lowest BCUT2D eigenvalue weighted by molar-refractivity contribution is -0.158. The van der Waals surface area contributed by atoms with Gasteiger partial charge in [0.15, 0.2) is 5.92 Å². The lowest BCUT2D eigenvalue weighted by Gasteiger charge is -2.46. The smallest absolute Gasteiger partial charge is 0.468 e. The van der Waals surface area contributed by atoms with Gasteiger partial charge in [0.1, 0.15) is 11.2 Å². The van der Waals surface area contributed by atoms with E-state index in [1.54, 1.807) is 12.1 Å². The molecule has 1 saturated heterocycles. The molecule has 0 spiro atoms. The second-order valence-corrected chi connectivity index (χ2v) is 9.69. The van der Waals surface area contributed by atoms with Crippen LogP contribution in [0.1, 0.15) is 28.7 Å². The van der Waals surface area contributed by atoms with Crippen LogP contribution >= 0.6 is 0 Å². The van der Waals surface area contributed by atoms with Crippen molar-refractivity contribution in [3.05, 3.63) is 156 Å². The van der Waals surface area contributed by atoms with E-state index < -0.39 is 36.2 Å². The van der Waals surface area contributed by atoms with E-state index >= 15 is 0 Å². The maximum absolute atomic E-state index is 12.3. The zero-order valence-electron chi connectivity index (χ0n) is 23.0. The van der Waals surface area contributed by atoms with Gasteiger partial charge in [0.2, 0.25) is 0 Å². The minimum Gasteiger partial charge on any atom is -0.468 e. The van der Waals surface area contributed by atoms with E-state index in [0.717, 1.165) is 22.3 Å². The predicted octanol–water partition coefficient (Wildman–Crippen LogP) is 5.86. The van der Waals surface area contributed by atoms with Gasteiger partial charge in [0, 0.05) is 0 Å². The summed E-state index contributed by atoms with van der Waals surface area (Å²) in [6.45, 7) is 0. The maximum Gasteiger partial charge on any atom is 0.487 e. The fourth-order valence-electron chi connectivity index (χ4n) is 5.63. The van der Waals surface area contributed by atoms with Gasteiger partial charge in [-0.2, -0.15) is 0 Å². The molecule has 7 heteroatoms. The van der Waals surface area contributed by atoms with Crippen molar-refractivity contribution in [3.63, 3.8) is 0 Å². The van der Waals surface area contributed by atoms with E-state index in [4.69, 9.17) is 18.8 Å². The van der Waals surface area contributed by atoms with Crippen LogP contribution in [0.3, 0.4) is 0 Å². The standard InChI is InChI=1S/C34H31BO6/c1-38-31(36)30(32(37)39-2)24-15-25-35-40-33(26-16-7-3-8-17-26,27-18-9-4-10-19-27)34(41-35,28-20-11-5-12-21-28)29-22-13-6-14-23-29/h3-23,25,30H,24H2,1-2H3/b25-15-. The van der Waals surface area contributed by atoms with Crippen LogP contribution < -0.4 is 0 Å². The minimum absolute atomic E-state index is 0.0654. The summed E-state index contributed by atoms with van der Waals surface area (Å²) in [7, 11) is 1.65. The maximum atomic E-state index is 12.3. The minimum atomic E-state index is -1.11. The van der Waals surface area contributed by atoms with Crippen LogP contribution in [0.5, 0.6) is 0 Å². The first-order valence-electron chi connectivity index (χ1n) is 13.5. The first-order chi connectivity index (χ1) is 20.1. The molecule has 1 fully saturated rings. The molecular formula is C34H31BO6. The third kappa shape index (κ3) is 5.10. The fourth-order valence-corrected chi connectivity index (χ4v) is 5.63. The van der Waals surface area contributed by atoms with Crippen molar-refractivity contribution in [2.75, 3.05) is 14.2 Å². The molecular weight excluding hydrogens is 515 g/mol. The number of rotatable bonds is 9. The molecule has 0 aliphatic carbocycles. The zero-order chi connectivity index (χ0) is 28.7. The summed E-state index contributed by atoms with van der Waals surface area (Å²) in [5.74, 6) is -0.683. The number of hydrogen-bond acceptors (Lipinski definition) is 6. The molecule has 0 saturated carbocycles. The summed E-state index contributed by atoms with van der Waals surface area (Å²) in [4.78, 5) is 24.5. The van der Waals surface area contributed by atoms with E-state index in [2.05, 4.69) is 0 Å². The Morgan fingerprint density at radius 2 is 0.951 bits per heavy atom. The molecule has 0 aromatic heterocycles. The van der Waals surface area contributed by atoms with Crippen molar-refractivity contribution >= 4 is 19.1 Å². The molecule has 0 unspecified atom stereocenters. The van der Waals surface area contributed by atoms with Crippen molar-refractivity contribution in [1.82, 2.24) is 0 Å². The van der Waals surface area contributed by atoms with E-state index in [-0.39, 0.29) is 6.42 Å². The van der Waals surface area contributed by atoms with Crippen LogP contribution in [-0.4, -0.2) is 33.3 Å². The average Bonchev–Trinajstić information content (AvgIpc) is 3.41. The van der Waals surface area contributed by atoms with Gasteiger partial charge < -0.3 is 18.8 Å². The quantitative estimate of drug-likeness (QED) is 0.149. The molecule has 41 heavy (non-hydrogen) atoms. The first-order valence-corrected chi connectivity index (χ1v) is 13.5. The third-order valence-electron chi connectivity index (χ3n) is 7.44. The van der Waals surface area contributed by atoms with Crippen molar-refractivity contribution in [1.29, 1.82) is 0 Å². The SMILES string of the molecule is COC(=O)C(C/C=C\B1OC(c2ccccc2)(c2ccccc2)C(c2ccccc2)(c2ccccc2)O1)C(=O)OC. The first kappa shape index (κ1) is 28.1. The molecule has 0 N–H and O–H groups in total. The van der Waals surface area contributed by atoms with Gasteiger partial charge in [-0.3, -0.25) is 9.59 Å². The highest BCUT2D eigenvalue weighted by Crippen LogP contribution is 2.58. The van der Waals surface area contributed by atoms with Crippen LogP contribution in [-0.2, 0) is 39.6 Å². The second-order valence-electron chi connectivity index (χ2n) is 9.69. The number of benzene rings is 4. The molecule has 1 heterocycles. The number of esters is 2. The summed E-state index contributed by atoms with van der Waals surface area (Å²) in [6, 6.07) is 40.2. The van der Waals surface area contributed by atoms with Crippen LogP contribution in [0.2, 0.25) is 0 Å². The Morgan fingerprint density at radius 3 is 1.24 bits per heavy atom. The Hall–Kier alpha value is -4.46. The van der Waals surface area contributed by atoms with Gasteiger partial charge in [-0.1, -0.05) is 133 Å². The Labute approximate surface area is 240 Å². The number of ether oxygens (including phenoxy) is 2. The van der Waals surface area contributed by atoms with E-state index in [1.165, 1.54) is 14.2 Å². The summed E-state index contributed by atoms with van der Waals surface area (Å²) in [5, 5.41) is 0. The van der Waals surface area contributed by atoms with Crippen LogP contribution in [0, 0.1) is 5.92 Å². The molecule has 5 rings (SSSR count). The van der Waals surface area contributed by atoms with Gasteiger partial charge in [-0.15, -0.1) is 0 Å². The summed E-state index contributed by atoms with van der Waals surface area (Å²) >= 11 is 0. The molecule has 206 valence electrons. The highest BCUT2D eigenvalue weighted by Gasteiger charge is 2.65. The molecule has 0 atom stereocenters. The van der Waals surface area contributed by atoms with Gasteiger partial charge in [0.05, 0.1) is 14.2 Å². The Kier molecular flexibility index (Phi) is 8.48. The van der Waals surface area contributed by atoms with Gasteiger partial charge in [-0.05, 0) is 28.7 Å². The molecule has 1 aliphatic heterocycles. The molecule has 6 nitrogen and oxygen atoms in total. The lowest BCUT2D eigenvalue weighted by Crippen LogP contribution is -2.48. The van der Waals surface area contributed by atoms with E-state index in [9.17, 15) is 9.59 Å². The van der Waals surface area contributed by atoms with Gasteiger partial charge in [-0.25, -0.2) is 0 Å². The van der Waals surface area contributed by atoms with Crippen molar-refractivity contribution < 1.29 is 28.4 Å². The topological polar surface area (TPSA) is 71.1 Å². The summed E-state index contributed by atoms with van der Waals surface area (Å²) in [5.41, 5.74) is 1.43. The summed E-state index contributed by atoms with van der Waals surface area (Å²) in [6.07, 6.45) is 1.77. The molecule has 0 radical (unpaired) electrons. The molecule has 0 bridgehead atoms. The molecule has 4 aromatic rings. The number of allylic oxidation sites excluding steroid dienone is 1. The summed E-state index contributed by atoms with van der Waals surface area (Å²) < 4.78 is 23.8. The fraction of sp³-hybridized carbons (Fsp3) is 0.176. The Bertz CT molecular complexity index is 1290. The highest BCUT2D eigenvalue weighted by atomic mass is 16.7.